The van der Waals surface area contributed by atoms with E-state index < -0.39 is 6.04 Å². The van der Waals surface area contributed by atoms with E-state index in [1.165, 1.54) is 6.26 Å². The summed E-state index contributed by atoms with van der Waals surface area (Å²) in [6, 6.07) is 6.92. The fraction of sp³-hybridized carbons (Fsp3) is 0.522. The Morgan fingerprint density at radius 2 is 1.97 bits per heavy atom. The number of para-hydroxylation sites is 1. The zero-order valence-corrected chi connectivity index (χ0v) is 17.4. The number of nitrogens with one attached hydrogen (secondary N) is 1. The van der Waals surface area contributed by atoms with Crippen LogP contribution in [0.15, 0.2) is 34.9 Å². The highest BCUT2D eigenvalue weighted by molar-refractivity contribution is 6.05. The van der Waals surface area contributed by atoms with Gasteiger partial charge >= 0.3 is 0 Å². The molecule has 3 amide bonds. The normalized spacial score (nSPS) is 21.0. The molecule has 2 aliphatic heterocycles. The van der Waals surface area contributed by atoms with Gasteiger partial charge in [-0.15, -0.1) is 0 Å². The van der Waals surface area contributed by atoms with Gasteiger partial charge in [0.25, 0.3) is 5.91 Å². The minimum atomic E-state index is -0.452. The van der Waals surface area contributed by atoms with Gasteiger partial charge in [0.15, 0.2) is 0 Å². The average molecular weight is 412 g/mol. The highest BCUT2D eigenvalue weighted by Crippen LogP contribution is 2.23. The van der Waals surface area contributed by atoms with Crippen LogP contribution in [0.4, 0.5) is 0 Å². The van der Waals surface area contributed by atoms with Gasteiger partial charge in [-0.2, -0.15) is 0 Å². The van der Waals surface area contributed by atoms with Crippen molar-refractivity contribution < 1.29 is 18.8 Å². The molecule has 2 aliphatic rings. The largest absolute Gasteiger partial charge is 0.463 e. The van der Waals surface area contributed by atoms with Crippen molar-refractivity contribution in [2.45, 2.75) is 57.5 Å². The van der Waals surface area contributed by atoms with Crippen molar-refractivity contribution in [3.05, 3.63) is 36.1 Å². The molecule has 1 aromatic heterocycles. The summed E-state index contributed by atoms with van der Waals surface area (Å²) in [4.78, 5) is 41.8. The molecular formula is C23H29N3O4. The summed E-state index contributed by atoms with van der Waals surface area (Å²) in [5.41, 5.74) is 1.18. The summed E-state index contributed by atoms with van der Waals surface area (Å²) in [5.74, 6) is -0.147. The molecule has 0 saturated carbocycles. The summed E-state index contributed by atoms with van der Waals surface area (Å²) in [6.07, 6.45) is 6.67. The van der Waals surface area contributed by atoms with Crippen LogP contribution in [0.25, 0.3) is 11.0 Å². The smallest absolute Gasteiger partial charge is 0.255 e. The van der Waals surface area contributed by atoms with Crippen molar-refractivity contribution >= 4 is 28.7 Å². The van der Waals surface area contributed by atoms with E-state index in [-0.39, 0.29) is 23.8 Å². The minimum absolute atomic E-state index is 0.0158. The van der Waals surface area contributed by atoms with E-state index in [2.05, 4.69) is 5.32 Å². The molecule has 0 spiro atoms. The van der Waals surface area contributed by atoms with Crippen LogP contribution in [0.2, 0.25) is 0 Å². The average Bonchev–Trinajstić information content (AvgIpc) is 3.21. The number of nitrogens with zero attached hydrogens (tertiary/aromatic N) is 2. The molecule has 2 atom stereocenters. The fourth-order valence-electron chi connectivity index (χ4n) is 4.57. The third-order valence-corrected chi connectivity index (χ3v) is 6.32. The number of amides is 3. The number of benzene rings is 1. The quantitative estimate of drug-likeness (QED) is 0.820. The number of hydrogen-bond acceptors (Lipinski definition) is 4. The van der Waals surface area contributed by atoms with Gasteiger partial charge in [0.2, 0.25) is 11.8 Å². The van der Waals surface area contributed by atoms with Crippen molar-refractivity contribution in [1.29, 1.82) is 0 Å². The Hall–Kier alpha value is -2.83. The summed E-state index contributed by atoms with van der Waals surface area (Å²) < 4.78 is 5.47. The van der Waals surface area contributed by atoms with E-state index in [4.69, 9.17) is 4.42 Å². The summed E-state index contributed by atoms with van der Waals surface area (Å²) in [5, 5.41) is 3.77. The molecule has 0 aliphatic carbocycles. The Balaban J connectivity index is 1.41. The Kier molecular flexibility index (Phi) is 6.06. The molecule has 4 rings (SSSR count). The molecule has 3 heterocycles. The highest BCUT2D eigenvalue weighted by atomic mass is 16.3. The molecule has 1 aromatic carbocycles. The molecular weight excluding hydrogens is 382 g/mol. The van der Waals surface area contributed by atoms with E-state index in [1.54, 1.807) is 4.90 Å². The Morgan fingerprint density at radius 1 is 1.17 bits per heavy atom. The third kappa shape index (κ3) is 4.06. The lowest BCUT2D eigenvalue weighted by Gasteiger charge is -2.40. The van der Waals surface area contributed by atoms with Crippen LogP contribution in [0, 0.1) is 0 Å². The maximum atomic E-state index is 13.2. The van der Waals surface area contributed by atoms with Crippen molar-refractivity contribution in [2.75, 3.05) is 19.6 Å². The Bertz CT molecular complexity index is 937. The van der Waals surface area contributed by atoms with Gasteiger partial charge in [0, 0.05) is 37.5 Å². The van der Waals surface area contributed by atoms with Crippen molar-refractivity contribution in [3.8, 4) is 0 Å². The first-order chi connectivity index (χ1) is 14.6. The fourth-order valence-corrected chi connectivity index (χ4v) is 4.57. The van der Waals surface area contributed by atoms with E-state index in [9.17, 15) is 14.4 Å². The SMILES string of the molecule is CC(C(=O)N1CCCCC1CNC(=O)c1coc2ccccc12)N1CCCCC1=O. The van der Waals surface area contributed by atoms with Gasteiger partial charge < -0.3 is 19.5 Å². The predicted octanol–water partition coefficient (Wildman–Crippen LogP) is 2.94. The molecule has 160 valence electrons. The van der Waals surface area contributed by atoms with Crippen molar-refractivity contribution in [3.63, 3.8) is 0 Å². The zero-order chi connectivity index (χ0) is 21.1. The molecule has 0 radical (unpaired) electrons. The van der Waals surface area contributed by atoms with E-state index in [1.807, 2.05) is 36.1 Å². The molecule has 0 bridgehead atoms. The highest BCUT2D eigenvalue weighted by Gasteiger charge is 2.35. The van der Waals surface area contributed by atoms with Crippen LogP contribution in [0.3, 0.4) is 0 Å². The number of furan rings is 1. The maximum absolute atomic E-state index is 13.2. The lowest BCUT2D eigenvalue weighted by atomic mass is 10.00. The Morgan fingerprint density at radius 3 is 2.80 bits per heavy atom. The lowest BCUT2D eigenvalue weighted by Crippen LogP contribution is -2.56. The van der Waals surface area contributed by atoms with E-state index >= 15 is 0 Å². The van der Waals surface area contributed by atoms with Gasteiger partial charge in [0.1, 0.15) is 17.9 Å². The van der Waals surface area contributed by atoms with Gasteiger partial charge in [-0.05, 0) is 45.1 Å². The molecule has 2 fully saturated rings. The second kappa shape index (κ2) is 8.90. The van der Waals surface area contributed by atoms with Crippen molar-refractivity contribution in [1.82, 2.24) is 15.1 Å². The molecule has 7 heteroatoms. The number of hydrogen-bond donors (Lipinski definition) is 1. The molecule has 30 heavy (non-hydrogen) atoms. The standard InChI is InChI=1S/C23H29N3O4/c1-16(25-12-7-5-11-21(25)27)23(29)26-13-6-4-8-17(26)14-24-22(28)19-15-30-20-10-3-2-9-18(19)20/h2-3,9-10,15-17H,4-8,11-14H2,1H3,(H,24,28). The number of likely N-dealkylation sites (tertiary alicyclic amines) is 2. The second-order valence-corrected chi connectivity index (χ2v) is 8.26. The maximum Gasteiger partial charge on any atom is 0.255 e. The monoisotopic (exact) mass is 411 g/mol. The van der Waals surface area contributed by atoms with Gasteiger partial charge in [0.05, 0.1) is 5.56 Å². The number of carbonyl (C=O) groups is 3. The van der Waals surface area contributed by atoms with Gasteiger partial charge in [-0.1, -0.05) is 18.2 Å². The molecule has 2 aromatic rings. The molecule has 2 saturated heterocycles. The number of carbonyl (C=O) groups excluding carboxylic acids is 3. The van der Waals surface area contributed by atoms with Gasteiger partial charge in [-0.25, -0.2) is 0 Å². The molecule has 2 unspecified atom stereocenters. The first-order valence-corrected chi connectivity index (χ1v) is 10.9. The summed E-state index contributed by atoms with van der Waals surface area (Å²) in [7, 11) is 0. The number of fused-ring (bicyclic) bond motifs is 1. The molecule has 1 N–H and O–H groups in total. The van der Waals surface area contributed by atoms with Gasteiger partial charge in [-0.3, -0.25) is 14.4 Å². The third-order valence-electron chi connectivity index (χ3n) is 6.32. The van der Waals surface area contributed by atoms with Crippen LogP contribution < -0.4 is 5.32 Å². The molecule has 7 nitrogen and oxygen atoms in total. The predicted molar refractivity (Wildman–Crippen MR) is 113 cm³/mol. The van der Waals surface area contributed by atoms with Crippen LogP contribution in [0.5, 0.6) is 0 Å². The van der Waals surface area contributed by atoms with Crippen LogP contribution in [0.1, 0.15) is 55.8 Å². The number of rotatable bonds is 5. The lowest BCUT2D eigenvalue weighted by molar-refractivity contribution is -0.148. The van der Waals surface area contributed by atoms with E-state index in [0.717, 1.165) is 37.5 Å². The minimum Gasteiger partial charge on any atom is -0.463 e. The van der Waals surface area contributed by atoms with Crippen LogP contribution in [-0.4, -0.2) is 59.2 Å². The number of piperidine rings is 2. The first kappa shape index (κ1) is 20.4. The van der Waals surface area contributed by atoms with Crippen LogP contribution >= 0.6 is 0 Å². The van der Waals surface area contributed by atoms with Crippen molar-refractivity contribution in [2.24, 2.45) is 0 Å². The first-order valence-electron chi connectivity index (χ1n) is 10.9. The summed E-state index contributed by atoms with van der Waals surface area (Å²) >= 11 is 0. The Labute approximate surface area is 176 Å². The summed E-state index contributed by atoms with van der Waals surface area (Å²) in [6.45, 7) is 3.53. The zero-order valence-electron chi connectivity index (χ0n) is 17.4. The topological polar surface area (TPSA) is 82.9 Å². The van der Waals surface area contributed by atoms with E-state index in [0.29, 0.717) is 37.2 Å². The van der Waals surface area contributed by atoms with Crippen LogP contribution in [-0.2, 0) is 9.59 Å². The second-order valence-electron chi connectivity index (χ2n) is 8.26.